The van der Waals surface area contributed by atoms with E-state index in [9.17, 15) is 9.59 Å². The van der Waals surface area contributed by atoms with Gasteiger partial charge >= 0.3 is 6.09 Å². The molecule has 0 aliphatic heterocycles. The van der Waals surface area contributed by atoms with Gasteiger partial charge in [0.1, 0.15) is 5.60 Å². The molecule has 42 heavy (non-hydrogen) atoms. The number of alkyl carbamates (subject to hydrolysis) is 1. The summed E-state index contributed by atoms with van der Waals surface area (Å²) in [7, 11) is 0. The fraction of sp³-hybridized carbons (Fsp3) is 0.243. The molecule has 4 rings (SSSR count). The predicted octanol–water partition coefficient (Wildman–Crippen LogP) is 7.52. The minimum atomic E-state index is -0.663. The molecule has 5 nitrogen and oxygen atoms in total. The van der Waals surface area contributed by atoms with E-state index in [1.807, 2.05) is 106 Å². The van der Waals surface area contributed by atoms with Crippen LogP contribution in [0.25, 0.3) is 0 Å². The van der Waals surface area contributed by atoms with Gasteiger partial charge in [0.15, 0.2) is 5.78 Å². The van der Waals surface area contributed by atoms with Gasteiger partial charge in [-0.2, -0.15) is 0 Å². The molecule has 1 unspecified atom stereocenters. The zero-order valence-electron chi connectivity index (χ0n) is 24.7. The number of nitrogens with zero attached hydrogens (tertiary/aromatic N) is 1. The molecule has 0 saturated heterocycles. The third-order valence-electron chi connectivity index (χ3n) is 6.71. The third kappa shape index (κ3) is 10.2. The fourth-order valence-corrected chi connectivity index (χ4v) is 4.81. The molecule has 0 aliphatic carbocycles. The van der Waals surface area contributed by atoms with E-state index in [1.54, 1.807) is 6.08 Å². The van der Waals surface area contributed by atoms with E-state index >= 15 is 0 Å². The highest BCUT2D eigenvalue weighted by Gasteiger charge is 2.27. The Morgan fingerprint density at radius 1 is 0.690 bits per heavy atom. The molecule has 0 bridgehead atoms. The van der Waals surface area contributed by atoms with Gasteiger partial charge in [0.2, 0.25) is 0 Å². The molecular formula is C37H40N2O3. The summed E-state index contributed by atoms with van der Waals surface area (Å²) in [5.41, 5.74) is 4.14. The van der Waals surface area contributed by atoms with Crippen LogP contribution in [0.4, 0.5) is 4.79 Å². The molecule has 0 fully saturated rings. The van der Waals surface area contributed by atoms with Crippen LogP contribution in [0.3, 0.4) is 0 Å². The van der Waals surface area contributed by atoms with Gasteiger partial charge in [0, 0.05) is 31.3 Å². The maximum absolute atomic E-state index is 14.3. The van der Waals surface area contributed by atoms with Crippen LogP contribution >= 0.6 is 0 Å². The first kappa shape index (κ1) is 30.5. The topological polar surface area (TPSA) is 58.6 Å². The van der Waals surface area contributed by atoms with E-state index in [4.69, 9.17) is 4.74 Å². The number of ketones is 1. The summed E-state index contributed by atoms with van der Waals surface area (Å²) in [6.07, 6.45) is 1.93. The van der Waals surface area contributed by atoms with Crippen LogP contribution in [-0.2, 0) is 35.5 Å². The number of hydrogen-bond donors (Lipinski definition) is 1. The second-order valence-corrected chi connectivity index (χ2v) is 11.4. The van der Waals surface area contributed by atoms with Crippen molar-refractivity contribution in [3.63, 3.8) is 0 Å². The average molecular weight is 561 g/mol. The molecule has 1 atom stereocenters. The highest BCUT2D eigenvalue weighted by molar-refractivity contribution is 5.95. The third-order valence-corrected chi connectivity index (χ3v) is 6.71. The Hall–Kier alpha value is -4.48. The summed E-state index contributed by atoms with van der Waals surface area (Å²) in [6.45, 7) is 6.65. The van der Waals surface area contributed by atoms with E-state index in [0.717, 1.165) is 22.3 Å². The van der Waals surface area contributed by atoms with E-state index in [-0.39, 0.29) is 5.78 Å². The van der Waals surface area contributed by atoms with E-state index < -0.39 is 17.7 Å². The highest BCUT2D eigenvalue weighted by atomic mass is 16.6. The van der Waals surface area contributed by atoms with Crippen molar-refractivity contribution >= 4 is 11.9 Å². The van der Waals surface area contributed by atoms with E-state index in [1.165, 1.54) is 0 Å². The summed E-state index contributed by atoms with van der Waals surface area (Å²) in [5.74, 6) is -0.0762. The Kier molecular flexibility index (Phi) is 10.8. The maximum atomic E-state index is 14.3. The zero-order valence-corrected chi connectivity index (χ0v) is 24.7. The van der Waals surface area contributed by atoms with E-state index in [2.05, 4.69) is 46.6 Å². The number of allylic oxidation sites excluding steroid dienone is 1. The summed E-state index contributed by atoms with van der Waals surface area (Å²) in [6, 6.07) is 39.8. The van der Waals surface area contributed by atoms with Gasteiger partial charge in [0.05, 0.1) is 6.04 Å². The first-order chi connectivity index (χ1) is 20.2. The Labute approximate surface area is 249 Å². The molecule has 0 aliphatic rings. The number of carbonyl (C=O) groups excluding carboxylic acids is 2. The van der Waals surface area contributed by atoms with Gasteiger partial charge in [-0.3, -0.25) is 15.0 Å². The lowest BCUT2D eigenvalue weighted by molar-refractivity contribution is -0.120. The molecule has 1 amide bonds. The second-order valence-electron chi connectivity index (χ2n) is 11.4. The van der Waals surface area contributed by atoms with E-state index in [0.29, 0.717) is 31.6 Å². The number of nitrogens with one attached hydrogen (secondary N) is 1. The minimum absolute atomic E-state index is 0.0762. The van der Waals surface area contributed by atoms with Crippen LogP contribution in [-0.4, -0.2) is 28.4 Å². The Morgan fingerprint density at radius 2 is 1.12 bits per heavy atom. The fourth-order valence-electron chi connectivity index (χ4n) is 4.81. The molecule has 0 heterocycles. The molecule has 1 N–H and O–H groups in total. The highest BCUT2D eigenvalue weighted by Crippen LogP contribution is 2.20. The Morgan fingerprint density at radius 3 is 1.57 bits per heavy atom. The monoisotopic (exact) mass is 560 g/mol. The molecule has 0 saturated carbocycles. The average Bonchev–Trinajstić information content (AvgIpc) is 2.96. The number of benzene rings is 4. The largest absolute Gasteiger partial charge is 0.444 e. The zero-order chi connectivity index (χ0) is 29.8. The standard InChI is InChI=1S/C37H40N2O3/c1-37(2,3)42-36(41)38-33(24-29-16-8-4-9-17-29)26-35(40)34(25-30-18-10-5-11-19-30)39(27-31-20-12-6-13-21-31)28-32-22-14-7-15-23-32/h4-23,26,34H,24-25,27-28H2,1-3H3,(H,38,41)/b33-26+. The SMILES string of the molecule is CC(C)(C)OC(=O)N/C(=C/C(=O)C(Cc1ccccc1)N(Cc1ccccc1)Cc1ccccc1)Cc1ccccc1. The molecule has 0 radical (unpaired) electrons. The van der Waals surface area contributed by atoms with Crippen LogP contribution in [0.1, 0.15) is 43.0 Å². The molecule has 0 aromatic heterocycles. The lowest BCUT2D eigenvalue weighted by Gasteiger charge is -2.31. The molecule has 216 valence electrons. The van der Waals surface area contributed by atoms with Gasteiger partial charge in [-0.25, -0.2) is 4.79 Å². The number of hydrogen-bond acceptors (Lipinski definition) is 4. The van der Waals surface area contributed by atoms with Crippen molar-refractivity contribution in [1.29, 1.82) is 0 Å². The Bertz CT molecular complexity index is 1390. The van der Waals surface area contributed by atoms with Crippen molar-refractivity contribution in [2.24, 2.45) is 0 Å². The summed E-state index contributed by atoms with van der Waals surface area (Å²) < 4.78 is 5.54. The maximum Gasteiger partial charge on any atom is 0.411 e. The molecule has 5 heteroatoms. The van der Waals surface area contributed by atoms with Gasteiger partial charge in [-0.1, -0.05) is 121 Å². The van der Waals surface area contributed by atoms with Crippen molar-refractivity contribution in [3.8, 4) is 0 Å². The first-order valence-electron chi connectivity index (χ1n) is 14.4. The van der Waals surface area contributed by atoms with Crippen LogP contribution in [0, 0.1) is 0 Å². The smallest absolute Gasteiger partial charge is 0.411 e. The lowest BCUT2D eigenvalue weighted by atomic mass is 9.97. The van der Waals surface area contributed by atoms with Crippen LogP contribution < -0.4 is 5.32 Å². The van der Waals surface area contributed by atoms with Crippen LogP contribution in [0.5, 0.6) is 0 Å². The number of amides is 1. The quantitative estimate of drug-likeness (QED) is 0.182. The number of rotatable bonds is 12. The lowest BCUT2D eigenvalue weighted by Crippen LogP contribution is -2.42. The van der Waals surface area contributed by atoms with Crippen molar-refractivity contribution in [1.82, 2.24) is 10.2 Å². The normalized spacial score (nSPS) is 12.5. The van der Waals surface area contributed by atoms with Crippen LogP contribution in [0.15, 0.2) is 133 Å². The van der Waals surface area contributed by atoms with Crippen LogP contribution in [0.2, 0.25) is 0 Å². The Balaban J connectivity index is 1.71. The van der Waals surface area contributed by atoms with Gasteiger partial charge < -0.3 is 4.74 Å². The van der Waals surface area contributed by atoms with Gasteiger partial charge in [-0.15, -0.1) is 0 Å². The van der Waals surface area contributed by atoms with Crippen molar-refractivity contribution in [3.05, 3.63) is 155 Å². The van der Waals surface area contributed by atoms with Gasteiger partial charge in [0.25, 0.3) is 0 Å². The summed E-state index contributed by atoms with van der Waals surface area (Å²) >= 11 is 0. The van der Waals surface area contributed by atoms with Crippen molar-refractivity contribution in [2.75, 3.05) is 0 Å². The molecule has 4 aromatic carbocycles. The number of ether oxygens (including phenoxy) is 1. The second kappa shape index (κ2) is 14.9. The molecular weight excluding hydrogens is 520 g/mol. The molecule has 0 spiro atoms. The molecule has 4 aromatic rings. The number of carbonyl (C=O) groups is 2. The van der Waals surface area contributed by atoms with Crippen molar-refractivity contribution < 1.29 is 14.3 Å². The predicted molar refractivity (Wildman–Crippen MR) is 169 cm³/mol. The minimum Gasteiger partial charge on any atom is -0.444 e. The van der Waals surface area contributed by atoms with Crippen molar-refractivity contribution in [2.45, 2.75) is 58.3 Å². The van der Waals surface area contributed by atoms with Gasteiger partial charge in [-0.05, 0) is 49.4 Å². The first-order valence-corrected chi connectivity index (χ1v) is 14.4. The summed E-state index contributed by atoms with van der Waals surface area (Å²) in [5, 5.41) is 2.87. The summed E-state index contributed by atoms with van der Waals surface area (Å²) in [4.78, 5) is 29.4.